The first-order valence-corrected chi connectivity index (χ1v) is 9.66. The Morgan fingerprint density at radius 1 is 1.00 bits per heavy atom. The van der Waals surface area contributed by atoms with Crippen molar-refractivity contribution in [3.8, 4) is 0 Å². The summed E-state index contributed by atoms with van der Waals surface area (Å²) in [4.78, 5) is 2.45. The van der Waals surface area contributed by atoms with Gasteiger partial charge in [0.1, 0.15) is 0 Å². The van der Waals surface area contributed by atoms with E-state index in [1.54, 1.807) is 24.3 Å². The number of sulfonamides is 1. The first-order chi connectivity index (χ1) is 11.5. The summed E-state index contributed by atoms with van der Waals surface area (Å²) in [5.41, 5.74) is 3.17. The zero-order valence-corrected chi connectivity index (χ0v) is 15.2. The molecule has 24 heavy (non-hydrogen) atoms. The predicted octanol–water partition coefficient (Wildman–Crippen LogP) is 4.21. The van der Waals surface area contributed by atoms with Crippen LogP contribution < -0.4 is 4.83 Å². The minimum Gasteiger partial charge on any atom is -0.200 e. The Morgan fingerprint density at radius 2 is 1.58 bits per heavy atom. The summed E-state index contributed by atoms with van der Waals surface area (Å²) < 4.78 is 24.3. The van der Waals surface area contributed by atoms with E-state index in [1.807, 2.05) is 19.1 Å². The van der Waals surface area contributed by atoms with Crippen LogP contribution in [-0.4, -0.2) is 14.6 Å². The van der Waals surface area contributed by atoms with E-state index in [0.29, 0.717) is 5.92 Å². The molecule has 0 atom stereocenters. The number of nitrogens with one attached hydrogen (secondary N) is 1. The fraction of sp³-hybridized carbons (Fsp3) is 0.316. The molecule has 128 valence electrons. The van der Waals surface area contributed by atoms with Crippen LogP contribution >= 0.6 is 0 Å². The monoisotopic (exact) mass is 344 g/mol. The maximum atomic E-state index is 12.1. The Hall–Kier alpha value is -2.14. The second-order valence-electron chi connectivity index (χ2n) is 5.85. The Morgan fingerprint density at radius 3 is 2.12 bits per heavy atom. The molecule has 0 spiro atoms. The van der Waals surface area contributed by atoms with Gasteiger partial charge in [0.15, 0.2) is 0 Å². The number of hydrazone groups is 1. The average molecular weight is 344 g/mol. The minimum atomic E-state index is -3.62. The van der Waals surface area contributed by atoms with Gasteiger partial charge in [0.05, 0.1) is 11.1 Å². The van der Waals surface area contributed by atoms with Gasteiger partial charge in [0.2, 0.25) is 0 Å². The third kappa shape index (κ3) is 4.68. The van der Waals surface area contributed by atoms with Crippen molar-refractivity contribution >= 4 is 16.2 Å². The molecule has 0 aliphatic heterocycles. The number of aryl methyl sites for hydroxylation is 1. The van der Waals surface area contributed by atoms with E-state index in [1.165, 1.54) is 11.8 Å². The molecule has 0 unspecified atom stereocenters. The maximum Gasteiger partial charge on any atom is 0.276 e. The van der Waals surface area contributed by atoms with Crippen molar-refractivity contribution in [3.63, 3.8) is 0 Å². The smallest absolute Gasteiger partial charge is 0.200 e. The first kappa shape index (κ1) is 18.2. The predicted molar refractivity (Wildman–Crippen MR) is 98.9 cm³/mol. The lowest BCUT2D eigenvalue weighted by Crippen LogP contribution is -2.18. The Balaban J connectivity index is 2.04. The highest BCUT2D eigenvalue weighted by molar-refractivity contribution is 7.89. The Kier molecular flexibility index (Phi) is 6.15. The van der Waals surface area contributed by atoms with E-state index in [4.69, 9.17) is 0 Å². The third-order valence-corrected chi connectivity index (χ3v) is 5.35. The number of benzene rings is 2. The highest BCUT2D eigenvalue weighted by Crippen LogP contribution is 2.22. The van der Waals surface area contributed by atoms with Gasteiger partial charge in [-0.3, -0.25) is 0 Å². The Bertz CT molecular complexity index is 775. The molecular weight excluding hydrogens is 320 g/mol. The highest BCUT2D eigenvalue weighted by Gasteiger charge is 2.11. The minimum absolute atomic E-state index is 0.203. The standard InChI is InChI=1S/C19H24N2O2S/c1-4-17(5-2)18-10-8-16(9-11-18)14-20-21-24(22,23)19-12-6-15(3)7-13-19/h6-14,17,21H,4-5H2,1-3H3/b20-14+. The second kappa shape index (κ2) is 8.11. The molecule has 2 aromatic carbocycles. The van der Waals surface area contributed by atoms with Crippen LogP contribution in [-0.2, 0) is 10.0 Å². The van der Waals surface area contributed by atoms with Crippen LogP contribution in [0, 0.1) is 6.92 Å². The van der Waals surface area contributed by atoms with Crippen molar-refractivity contribution < 1.29 is 8.42 Å². The highest BCUT2D eigenvalue weighted by atomic mass is 32.2. The SMILES string of the molecule is CCC(CC)c1ccc(/C=N/NS(=O)(=O)c2ccc(C)cc2)cc1. The molecule has 2 aromatic rings. The molecule has 0 aliphatic carbocycles. The van der Waals surface area contributed by atoms with E-state index in [9.17, 15) is 8.42 Å². The van der Waals surface area contributed by atoms with Crippen LogP contribution in [0.4, 0.5) is 0 Å². The van der Waals surface area contributed by atoms with Crippen molar-refractivity contribution in [1.82, 2.24) is 4.83 Å². The molecule has 5 heteroatoms. The fourth-order valence-corrected chi connectivity index (χ4v) is 3.35. The molecule has 0 heterocycles. The van der Waals surface area contributed by atoms with Gasteiger partial charge in [-0.2, -0.15) is 13.5 Å². The van der Waals surface area contributed by atoms with Crippen molar-refractivity contribution in [2.45, 2.75) is 44.4 Å². The zero-order chi connectivity index (χ0) is 17.6. The third-order valence-electron chi connectivity index (χ3n) is 4.11. The number of nitrogens with zero attached hydrogens (tertiary/aromatic N) is 1. The van der Waals surface area contributed by atoms with Crippen LogP contribution in [0.25, 0.3) is 0 Å². The van der Waals surface area contributed by atoms with E-state index in [2.05, 4.69) is 35.9 Å². The molecule has 0 fully saturated rings. The van der Waals surface area contributed by atoms with Crippen molar-refractivity contribution in [2.24, 2.45) is 5.10 Å². The summed E-state index contributed by atoms with van der Waals surface area (Å²) in [6, 6.07) is 14.7. The van der Waals surface area contributed by atoms with E-state index < -0.39 is 10.0 Å². The van der Waals surface area contributed by atoms with Crippen LogP contribution in [0.5, 0.6) is 0 Å². The lowest BCUT2D eigenvalue weighted by atomic mass is 9.93. The van der Waals surface area contributed by atoms with Gasteiger partial charge in [-0.25, -0.2) is 4.83 Å². The molecule has 0 bridgehead atoms. The summed E-state index contributed by atoms with van der Waals surface area (Å²) in [6.45, 7) is 6.28. The molecule has 0 aromatic heterocycles. The largest absolute Gasteiger partial charge is 0.276 e. The Labute approximate surface area is 144 Å². The maximum absolute atomic E-state index is 12.1. The van der Waals surface area contributed by atoms with Gasteiger partial charge < -0.3 is 0 Å². The van der Waals surface area contributed by atoms with Crippen molar-refractivity contribution in [1.29, 1.82) is 0 Å². The van der Waals surface area contributed by atoms with Crippen LogP contribution in [0.15, 0.2) is 58.5 Å². The number of hydrogen-bond acceptors (Lipinski definition) is 3. The van der Waals surface area contributed by atoms with Crippen LogP contribution in [0.2, 0.25) is 0 Å². The summed E-state index contributed by atoms with van der Waals surface area (Å²) >= 11 is 0. The van der Waals surface area contributed by atoms with Crippen LogP contribution in [0.1, 0.15) is 49.3 Å². The van der Waals surface area contributed by atoms with Gasteiger partial charge in [-0.05, 0) is 48.9 Å². The summed E-state index contributed by atoms with van der Waals surface area (Å²) in [5.74, 6) is 0.566. The molecule has 4 nitrogen and oxygen atoms in total. The average Bonchev–Trinajstić information content (AvgIpc) is 2.57. The molecule has 1 N–H and O–H groups in total. The van der Waals surface area contributed by atoms with Crippen molar-refractivity contribution in [2.75, 3.05) is 0 Å². The summed E-state index contributed by atoms with van der Waals surface area (Å²) in [6.07, 6.45) is 3.74. The zero-order valence-electron chi connectivity index (χ0n) is 14.4. The van der Waals surface area contributed by atoms with Gasteiger partial charge in [0, 0.05) is 0 Å². The summed E-state index contributed by atoms with van der Waals surface area (Å²) in [5, 5.41) is 3.86. The molecule has 0 aliphatic rings. The van der Waals surface area contributed by atoms with Crippen molar-refractivity contribution in [3.05, 3.63) is 65.2 Å². The molecule has 0 saturated carbocycles. The number of hydrogen-bond donors (Lipinski definition) is 1. The topological polar surface area (TPSA) is 58.5 Å². The molecule has 2 rings (SSSR count). The molecule has 0 saturated heterocycles. The molecular formula is C19H24N2O2S. The molecule has 0 radical (unpaired) electrons. The fourth-order valence-electron chi connectivity index (χ4n) is 2.55. The second-order valence-corrected chi connectivity index (χ2v) is 7.51. The van der Waals surface area contributed by atoms with E-state index in [-0.39, 0.29) is 4.90 Å². The van der Waals surface area contributed by atoms with Gasteiger partial charge >= 0.3 is 0 Å². The lowest BCUT2D eigenvalue weighted by Gasteiger charge is -2.12. The summed E-state index contributed by atoms with van der Waals surface area (Å²) in [7, 11) is -3.62. The first-order valence-electron chi connectivity index (χ1n) is 8.17. The van der Waals surface area contributed by atoms with Gasteiger partial charge in [-0.15, -0.1) is 0 Å². The molecule has 0 amide bonds. The lowest BCUT2D eigenvalue weighted by molar-refractivity contribution is 0.584. The quantitative estimate of drug-likeness (QED) is 0.604. The van der Waals surface area contributed by atoms with E-state index >= 15 is 0 Å². The van der Waals surface area contributed by atoms with Gasteiger partial charge in [0.25, 0.3) is 10.0 Å². The normalized spacial score (nSPS) is 12.0. The van der Waals surface area contributed by atoms with Crippen LogP contribution in [0.3, 0.4) is 0 Å². The van der Waals surface area contributed by atoms with Gasteiger partial charge in [-0.1, -0.05) is 55.8 Å². The number of rotatable bonds is 7. The van der Waals surface area contributed by atoms with E-state index in [0.717, 1.165) is 24.0 Å².